The second kappa shape index (κ2) is 7.90. The Morgan fingerprint density at radius 1 is 1.13 bits per heavy atom. The van der Waals surface area contributed by atoms with Crippen LogP contribution >= 0.6 is 27.3 Å². The van der Waals surface area contributed by atoms with E-state index in [4.69, 9.17) is 13.9 Å². The summed E-state index contributed by atoms with van der Waals surface area (Å²) >= 11 is 4.75. The van der Waals surface area contributed by atoms with Gasteiger partial charge < -0.3 is 23.9 Å². The first-order valence-electron chi connectivity index (χ1n) is 9.49. The number of furan rings is 1. The van der Waals surface area contributed by atoms with Crippen LogP contribution in [0.15, 0.2) is 62.5 Å². The molecule has 0 bridgehead atoms. The molecule has 2 aromatic heterocycles. The van der Waals surface area contributed by atoms with Crippen molar-refractivity contribution in [1.29, 1.82) is 0 Å². The van der Waals surface area contributed by atoms with Crippen molar-refractivity contribution >= 4 is 44.7 Å². The molecule has 158 valence electrons. The highest BCUT2D eigenvalue weighted by atomic mass is 79.9. The number of carbonyl (C=O) groups is 2. The topological polar surface area (TPSA) is 89.2 Å². The number of Topliss-reactive ketones (excluding diaryl/α,β-unsaturated/α-hetero) is 1. The Morgan fingerprint density at radius 3 is 2.65 bits per heavy atom. The lowest BCUT2D eigenvalue weighted by molar-refractivity contribution is -0.140. The normalized spacial score (nSPS) is 19.8. The Kier molecular flexibility index (Phi) is 5.07. The zero-order chi connectivity index (χ0) is 21.5. The molecule has 2 aliphatic heterocycles. The quantitative estimate of drug-likeness (QED) is 0.321. The predicted octanol–water partition coefficient (Wildman–Crippen LogP) is 4.50. The van der Waals surface area contributed by atoms with E-state index in [-0.39, 0.29) is 17.9 Å². The van der Waals surface area contributed by atoms with Crippen LogP contribution in [-0.4, -0.2) is 34.9 Å². The summed E-state index contributed by atoms with van der Waals surface area (Å²) in [7, 11) is 0. The number of ether oxygens (including phenoxy) is 2. The minimum absolute atomic E-state index is 0.0277. The third-order valence-electron chi connectivity index (χ3n) is 5.13. The average Bonchev–Trinajstić information content (AvgIpc) is 3.50. The van der Waals surface area contributed by atoms with Gasteiger partial charge in [-0.15, -0.1) is 11.3 Å². The van der Waals surface area contributed by atoms with Crippen molar-refractivity contribution in [2.75, 3.05) is 13.2 Å². The van der Waals surface area contributed by atoms with Gasteiger partial charge in [0.2, 0.25) is 0 Å². The number of aliphatic hydroxyl groups excluding tert-OH is 1. The van der Waals surface area contributed by atoms with E-state index in [2.05, 4.69) is 15.9 Å². The summed E-state index contributed by atoms with van der Waals surface area (Å²) in [5.74, 6) is -0.331. The number of ketones is 1. The minimum atomic E-state index is -0.860. The standard InChI is InChI=1S/C22H16BrNO6S/c23-17-6-5-15(30-17)19-18(21(26)22(27)24(19)11-13-2-1-9-31-13)20(25)12-3-4-14-16(10-12)29-8-7-28-14/h1-6,9-10,19,25H,7-8,11H2/b20-18+. The van der Waals surface area contributed by atoms with E-state index >= 15 is 0 Å². The fourth-order valence-corrected chi connectivity index (χ4v) is 4.75. The molecule has 1 unspecified atom stereocenters. The summed E-state index contributed by atoms with van der Waals surface area (Å²) < 4.78 is 17.3. The molecule has 2 aliphatic rings. The Hall–Kier alpha value is -3.04. The number of hydrogen-bond acceptors (Lipinski definition) is 7. The van der Waals surface area contributed by atoms with Crippen molar-refractivity contribution in [2.45, 2.75) is 12.6 Å². The van der Waals surface area contributed by atoms with Gasteiger partial charge in [-0.2, -0.15) is 0 Å². The Labute approximate surface area is 189 Å². The molecule has 4 heterocycles. The largest absolute Gasteiger partial charge is 0.507 e. The molecule has 3 aromatic rings. The summed E-state index contributed by atoms with van der Waals surface area (Å²) in [6.45, 7) is 1.06. The van der Waals surface area contributed by atoms with Gasteiger partial charge >= 0.3 is 0 Å². The van der Waals surface area contributed by atoms with Crippen LogP contribution in [-0.2, 0) is 16.1 Å². The van der Waals surface area contributed by atoms with Gasteiger partial charge in [-0.25, -0.2) is 0 Å². The first kappa shape index (κ1) is 19.9. The molecule has 1 N–H and O–H groups in total. The van der Waals surface area contributed by atoms with E-state index < -0.39 is 17.7 Å². The van der Waals surface area contributed by atoms with Crippen molar-refractivity contribution in [3.63, 3.8) is 0 Å². The zero-order valence-electron chi connectivity index (χ0n) is 16.0. The van der Waals surface area contributed by atoms with Crippen LogP contribution in [0.1, 0.15) is 22.2 Å². The number of rotatable bonds is 4. The number of likely N-dealkylation sites (tertiary alicyclic amines) is 1. The summed E-state index contributed by atoms with van der Waals surface area (Å²) in [5, 5.41) is 13.0. The van der Waals surface area contributed by atoms with Gasteiger partial charge in [0.1, 0.15) is 30.8 Å². The van der Waals surface area contributed by atoms with Crippen LogP contribution in [0.4, 0.5) is 0 Å². The van der Waals surface area contributed by atoms with Gasteiger partial charge in [-0.3, -0.25) is 9.59 Å². The summed E-state index contributed by atoms with van der Waals surface area (Å²) in [6, 6.07) is 11.2. The summed E-state index contributed by atoms with van der Waals surface area (Å²) in [4.78, 5) is 28.3. The monoisotopic (exact) mass is 501 g/mol. The molecule has 5 rings (SSSR count). The van der Waals surface area contributed by atoms with E-state index in [1.165, 1.54) is 16.2 Å². The van der Waals surface area contributed by atoms with Crippen molar-refractivity contribution < 1.29 is 28.6 Å². The highest BCUT2D eigenvalue weighted by molar-refractivity contribution is 9.10. The fourth-order valence-electron chi connectivity index (χ4n) is 3.73. The van der Waals surface area contributed by atoms with Gasteiger partial charge in [-0.05, 0) is 57.7 Å². The Balaban J connectivity index is 1.62. The number of hydrogen-bond donors (Lipinski definition) is 1. The number of carbonyl (C=O) groups excluding carboxylic acids is 2. The maximum Gasteiger partial charge on any atom is 0.296 e. The number of halogens is 1. The zero-order valence-corrected chi connectivity index (χ0v) is 18.4. The van der Waals surface area contributed by atoms with Gasteiger partial charge in [-0.1, -0.05) is 6.07 Å². The lowest BCUT2D eigenvalue weighted by Crippen LogP contribution is -2.28. The molecule has 0 saturated carbocycles. The van der Waals surface area contributed by atoms with E-state index in [0.717, 1.165) is 4.88 Å². The van der Waals surface area contributed by atoms with Crippen molar-refractivity contribution in [1.82, 2.24) is 4.90 Å². The van der Waals surface area contributed by atoms with E-state index in [9.17, 15) is 14.7 Å². The van der Waals surface area contributed by atoms with E-state index in [1.54, 1.807) is 30.3 Å². The lowest BCUT2D eigenvalue weighted by atomic mass is 9.99. The number of aliphatic hydroxyl groups is 1. The molecular weight excluding hydrogens is 486 g/mol. The molecule has 0 spiro atoms. The van der Waals surface area contributed by atoms with Gasteiger partial charge in [0.25, 0.3) is 11.7 Å². The third kappa shape index (κ3) is 3.53. The number of amides is 1. The molecule has 7 nitrogen and oxygen atoms in total. The summed E-state index contributed by atoms with van der Waals surface area (Å²) in [5.41, 5.74) is 0.328. The van der Waals surface area contributed by atoms with Crippen molar-refractivity contribution in [2.24, 2.45) is 0 Å². The molecule has 1 saturated heterocycles. The van der Waals surface area contributed by atoms with Crippen LogP contribution < -0.4 is 9.47 Å². The number of nitrogens with zero attached hydrogens (tertiary/aromatic N) is 1. The maximum atomic E-state index is 13.0. The van der Waals surface area contributed by atoms with Crippen LogP contribution in [0.3, 0.4) is 0 Å². The van der Waals surface area contributed by atoms with Crippen LogP contribution in [0, 0.1) is 0 Å². The second-order valence-electron chi connectivity index (χ2n) is 7.01. The van der Waals surface area contributed by atoms with Crippen LogP contribution in [0.25, 0.3) is 5.76 Å². The fraction of sp³-hybridized carbons (Fsp3) is 0.182. The molecule has 1 aromatic carbocycles. The number of thiophene rings is 1. The average molecular weight is 502 g/mol. The molecule has 9 heteroatoms. The molecule has 1 atom stereocenters. The first-order chi connectivity index (χ1) is 15.0. The smallest absolute Gasteiger partial charge is 0.296 e. The van der Waals surface area contributed by atoms with Gasteiger partial charge in [0.05, 0.1) is 12.1 Å². The predicted molar refractivity (Wildman–Crippen MR) is 116 cm³/mol. The van der Waals surface area contributed by atoms with Gasteiger partial charge in [0.15, 0.2) is 16.2 Å². The lowest BCUT2D eigenvalue weighted by Gasteiger charge is -2.23. The van der Waals surface area contributed by atoms with Crippen molar-refractivity contribution in [3.8, 4) is 11.5 Å². The number of fused-ring (bicyclic) bond motifs is 1. The van der Waals surface area contributed by atoms with Crippen molar-refractivity contribution in [3.05, 3.63) is 74.3 Å². The molecule has 1 amide bonds. The first-order valence-corrected chi connectivity index (χ1v) is 11.2. The molecule has 0 aliphatic carbocycles. The third-order valence-corrected chi connectivity index (χ3v) is 6.41. The molecule has 31 heavy (non-hydrogen) atoms. The molecule has 1 fully saturated rings. The Morgan fingerprint density at radius 2 is 1.94 bits per heavy atom. The molecular formula is C22H16BrNO6S. The summed E-state index contributed by atoms with van der Waals surface area (Å²) in [6.07, 6.45) is 0. The minimum Gasteiger partial charge on any atom is -0.507 e. The highest BCUT2D eigenvalue weighted by Gasteiger charge is 2.47. The van der Waals surface area contributed by atoms with Crippen LogP contribution in [0.5, 0.6) is 11.5 Å². The Bertz CT molecular complexity index is 1200. The van der Waals surface area contributed by atoms with E-state index in [0.29, 0.717) is 40.7 Å². The SMILES string of the molecule is O=C1C(=O)N(Cc2cccs2)C(c2ccc(Br)o2)/C1=C(\O)c1ccc2c(c1)OCCO2. The number of benzene rings is 1. The highest BCUT2D eigenvalue weighted by Crippen LogP contribution is 2.42. The van der Waals surface area contributed by atoms with E-state index in [1.807, 2.05) is 17.5 Å². The molecule has 0 radical (unpaired) electrons. The van der Waals surface area contributed by atoms with Gasteiger partial charge in [0, 0.05) is 10.4 Å². The maximum absolute atomic E-state index is 13.0. The second-order valence-corrected chi connectivity index (χ2v) is 8.82. The van der Waals surface area contributed by atoms with Crippen LogP contribution in [0.2, 0.25) is 0 Å².